The molecule has 2 aromatic rings. The second-order valence-electron chi connectivity index (χ2n) is 3.80. The highest BCUT2D eigenvalue weighted by molar-refractivity contribution is 6.35. The van der Waals surface area contributed by atoms with E-state index in [2.05, 4.69) is 20.3 Å². The van der Waals surface area contributed by atoms with Crippen LogP contribution in [0.3, 0.4) is 0 Å². The van der Waals surface area contributed by atoms with Gasteiger partial charge in [-0.25, -0.2) is 9.97 Å². The molecule has 0 aliphatic rings. The minimum Gasteiger partial charge on any atom is -0.481 e. The van der Waals surface area contributed by atoms with Crippen molar-refractivity contribution in [2.45, 2.75) is 6.92 Å². The van der Waals surface area contributed by atoms with Gasteiger partial charge in [0.05, 0.1) is 12.7 Å². The lowest BCUT2D eigenvalue weighted by Crippen LogP contribution is -2.15. The van der Waals surface area contributed by atoms with Crippen molar-refractivity contribution in [2.75, 3.05) is 12.4 Å². The largest absolute Gasteiger partial charge is 0.481 e. The molecule has 0 saturated heterocycles. The van der Waals surface area contributed by atoms with Crippen molar-refractivity contribution in [1.29, 1.82) is 0 Å². The third-order valence-electron chi connectivity index (χ3n) is 2.32. The van der Waals surface area contributed by atoms with Gasteiger partial charge in [0.1, 0.15) is 10.3 Å². The number of pyridine rings is 1. The zero-order valence-electron chi connectivity index (χ0n) is 10.6. The van der Waals surface area contributed by atoms with Crippen LogP contribution in [0.1, 0.15) is 16.1 Å². The molecule has 1 N–H and O–H groups in total. The zero-order chi connectivity index (χ0) is 14.7. The topological polar surface area (TPSA) is 77.0 Å². The zero-order valence-corrected chi connectivity index (χ0v) is 12.2. The summed E-state index contributed by atoms with van der Waals surface area (Å²) in [5.74, 6) is -0.00202. The minimum atomic E-state index is -0.480. The molecular weight excluding hydrogens is 303 g/mol. The van der Waals surface area contributed by atoms with E-state index >= 15 is 0 Å². The summed E-state index contributed by atoms with van der Waals surface area (Å²) < 4.78 is 5.00. The van der Waals surface area contributed by atoms with E-state index in [0.29, 0.717) is 11.6 Å². The number of anilines is 1. The Morgan fingerprint density at radius 1 is 1.25 bits per heavy atom. The Bertz CT molecular complexity index is 664. The highest BCUT2D eigenvalue weighted by Crippen LogP contribution is 2.18. The van der Waals surface area contributed by atoms with Gasteiger partial charge >= 0.3 is 0 Å². The molecule has 0 bridgehead atoms. The lowest BCUT2D eigenvalue weighted by Gasteiger charge is -2.07. The van der Waals surface area contributed by atoms with E-state index in [-0.39, 0.29) is 21.8 Å². The first-order valence-corrected chi connectivity index (χ1v) is 6.28. The predicted molar refractivity (Wildman–Crippen MR) is 75.5 cm³/mol. The van der Waals surface area contributed by atoms with Gasteiger partial charge in [-0.3, -0.25) is 10.1 Å². The summed E-state index contributed by atoms with van der Waals surface area (Å²) in [6.07, 6.45) is 0. The van der Waals surface area contributed by atoms with Crippen molar-refractivity contribution in [1.82, 2.24) is 15.0 Å². The van der Waals surface area contributed by atoms with Crippen molar-refractivity contribution >= 4 is 35.1 Å². The first-order chi connectivity index (χ1) is 9.49. The van der Waals surface area contributed by atoms with Crippen LogP contribution < -0.4 is 10.1 Å². The SMILES string of the molecule is COc1cc(C)nc(NC(=O)c2ccc(Cl)nc2Cl)n1. The molecule has 6 nitrogen and oxygen atoms in total. The van der Waals surface area contributed by atoms with Gasteiger partial charge in [0, 0.05) is 11.8 Å². The second-order valence-corrected chi connectivity index (χ2v) is 4.55. The van der Waals surface area contributed by atoms with Crippen LogP contribution in [0.4, 0.5) is 5.95 Å². The second kappa shape index (κ2) is 6.02. The van der Waals surface area contributed by atoms with Crippen LogP contribution in [-0.2, 0) is 0 Å². The average Bonchev–Trinajstić information content (AvgIpc) is 2.37. The summed E-state index contributed by atoms with van der Waals surface area (Å²) in [6, 6.07) is 4.59. The van der Waals surface area contributed by atoms with Gasteiger partial charge in [-0.2, -0.15) is 4.98 Å². The quantitative estimate of drug-likeness (QED) is 0.882. The Balaban J connectivity index is 2.25. The molecule has 0 saturated carbocycles. The number of hydrogen-bond donors (Lipinski definition) is 1. The fourth-order valence-electron chi connectivity index (χ4n) is 1.45. The number of nitrogens with one attached hydrogen (secondary N) is 1. The molecule has 0 aliphatic heterocycles. The summed E-state index contributed by atoms with van der Waals surface area (Å²) in [7, 11) is 1.48. The molecule has 2 rings (SSSR count). The molecule has 8 heteroatoms. The Morgan fingerprint density at radius 3 is 2.65 bits per heavy atom. The number of methoxy groups -OCH3 is 1. The molecule has 2 heterocycles. The smallest absolute Gasteiger partial charge is 0.261 e. The first kappa shape index (κ1) is 14.5. The molecule has 0 aliphatic carbocycles. The molecule has 1 amide bonds. The van der Waals surface area contributed by atoms with E-state index in [1.807, 2.05) is 0 Å². The van der Waals surface area contributed by atoms with Gasteiger partial charge in [0.2, 0.25) is 11.8 Å². The van der Waals surface area contributed by atoms with Gasteiger partial charge in [-0.1, -0.05) is 23.2 Å². The van der Waals surface area contributed by atoms with Gasteiger partial charge < -0.3 is 4.74 Å². The molecule has 2 aromatic heterocycles. The van der Waals surface area contributed by atoms with Crippen LogP contribution in [0.25, 0.3) is 0 Å². The van der Waals surface area contributed by atoms with E-state index in [4.69, 9.17) is 27.9 Å². The number of aromatic nitrogens is 3. The molecule has 0 unspecified atom stereocenters. The number of amides is 1. The maximum atomic E-state index is 12.1. The maximum absolute atomic E-state index is 12.1. The Hall–Kier alpha value is -1.92. The van der Waals surface area contributed by atoms with Gasteiger partial charge in [-0.15, -0.1) is 0 Å². The van der Waals surface area contributed by atoms with E-state index in [9.17, 15) is 4.79 Å². The monoisotopic (exact) mass is 312 g/mol. The predicted octanol–water partition coefficient (Wildman–Crippen LogP) is 2.75. The van der Waals surface area contributed by atoms with Gasteiger partial charge in [0.15, 0.2) is 0 Å². The van der Waals surface area contributed by atoms with Crippen molar-refractivity contribution in [2.24, 2.45) is 0 Å². The van der Waals surface area contributed by atoms with E-state index in [1.165, 1.54) is 19.2 Å². The molecule has 104 valence electrons. The molecular formula is C12H10Cl2N4O2. The third kappa shape index (κ3) is 3.34. The van der Waals surface area contributed by atoms with Crippen LogP contribution in [0.15, 0.2) is 18.2 Å². The van der Waals surface area contributed by atoms with Gasteiger partial charge in [0.25, 0.3) is 5.91 Å². The number of carbonyl (C=O) groups is 1. The standard InChI is InChI=1S/C12H10Cl2N4O2/c1-6-5-9(20-2)17-12(15-6)18-11(19)7-3-4-8(13)16-10(7)14/h3-5H,1-2H3,(H,15,17,18,19). The Labute approximate surface area is 125 Å². The molecule has 20 heavy (non-hydrogen) atoms. The first-order valence-electron chi connectivity index (χ1n) is 5.52. The highest BCUT2D eigenvalue weighted by atomic mass is 35.5. The molecule has 0 aromatic carbocycles. The fraction of sp³-hybridized carbons (Fsp3) is 0.167. The minimum absolute atomic E-state index is 0.00891. The summed E-state index contributed by atoms with van der Waals surface area (Å²) in [4.78, 5) is 23.9. The maximum Gasteiger partial charge on any atom is 0.261 e. The van der Waals surface area contributed by atoms with Crippen LogP contribution in [0, 0.1) is 6.92 Å². The van der Waals surface area contributed by atoms with Gasteiger partial charge in [-0.05, 0) is 19.1 Å². The summed E-state index contributed by atoms with van der Waals surface area (Å²) in [5, 5.41) is 2.74. The van der Waals surface area contributed by atoms with Crippen molar-refractivity contribution in [3.05, 3.63) is 39.8 Å². The van der Waals surface area contributed by atoms with Crippen molar-refractivity contribution < 1.29 is 9.53 Å². The summed E-state index contributed by atoms with van der Waals surface area (Å²) in [5.41, 5.74) is 0.840. The van der Waals surface area contributed by atoms with Crippen LogP contribution in [0.2, 0.25) is 10.3 Å². The Morgan fingerprint density at radius 2 is 2.00 bits per heavy atom. The van der Waals surface area contributed by atoms with E-state index in [1.54, 1.807) is 13.0 Å². The number of aryl methyl sites for hydroxylation is 1. The third-order valence-corrected chi connectivity index (χ3v) is 2.82. The van der Waals surface area contributed by atoms with Crippen molar-refractivity contribution in [3.8, 4) is 5.88 Å². The summed E-state index contributed by atoms with van der Waals surface area (Å²) >= 11 is 11.5. The number of halogens is 2. The lowest BCUT2D eigenvalue weighted by atomic mass is 10.3. The highest BCUT2D eigenvalue weighted by Gasteiger charge is 2.14. The lowest BCUT2D eigenvalue weighted by molar-refractivity contribution is 0.102. The number of rotatable bonds is 3. The van der Waals surface area contributed by atoms with Crippen LogP contribution in [0.5, 0.6) is 5.88 Å². The van der Waals surface area contributed by atoms with Crippen molar-refractivity contribution in [3.63, 3.8) is 0 Å². The molecule has 0 radical (unpaired) electrons. The number of ether oxygens (including phenoxy) is 1. The molecule has 0 spiro atoms. The van der Waals surface area contributed by atoms with E-state index in [0.717, 1.165) is 0 Å². The van der Waals surface area contributed by atoms with E-state index < -0.39 is 5.91 Å². The summed E-state index contributed by atoms with van der Waals surface area (Å²) in [6.45, 7) is 1.76. The van der Waals surface area contributed by atoms with Crippen LogP contribution >= 0.6 is 23.2 Å². The van der Waals surface area contributed by atoms with Crippen LogP contribution in [-0.4, -0.2) is 28.0 Å². The number of hydrogen-bond acceptors (Lipinski definition) is 5. The number of carbonyl (C=O) groups excluding carboxylic acids is 1. The Kier molecular flexibility index (Phi) is 4.36. The molecule has 0 atom stereocenters. The fourth-order valence-corrected chi connectivity index (χ4v) is 1.88. The molecule has 0 fully saturated rings. The average molecular weight is 313 g/mol. The normalized spacial score (nSPS) is 10.2. The number of nitrogens with zero attached hydrogens (tertiary/aromatic N) is 3.